The first-order valence-corrected chi connectivity index (χ1v) is 4.95. The highest BCUT2D eigenvalue weighted by Gasteiger charge is 2.09. The zero-order chi connectivity index (χ0) is 9.68. The van der Waals surface area contributed by atoms with Gasteiger partial charge in [-0.1, -0.05) is 20.8 Å². The fourth-order valence-electron chi connectivity index (χ4n) is 1.47. The summed E-state index contributed by atoms with van der Waals surface area (Å²) in [6, 6.07) is 0.588. The van der Waals surface area contributed by atoms with Crippen LogP contribution in [0.15, 0.2) is 12.4 Å². The highest BCUT2D eigenvalue weighted by molar-refractivity contribution is 4.87. The quantitative estimate of drug-likeness (QED) is 0.728. The number of hydrogen-bond acceptors (Lipinski definition) is 2. The molecule has 3 heteroatoms. The molecule has 3 nitrogen and oxygen atoms in total. The van der Waals surface area contributed by atoms with E-state index in [4.69, 9.17) is 0 Å². The van der Waals surface area contributed by atoms with Gasteiger partial charge in [0.1, 0.15) is 5.82 Å². The first kappa shape index (κ1) is 10.3. The Labute approximate surface area is 80.0 Å². The van der Waals surface area contributed by atoms with Gasteiger partial charge >= 0.3 is 0 Å². The summed E-state index contributed by atoms with van der Waals surface area (Å²) in [4.78, 5) is 7.25. The van der Waals surface area contributed by atoms with Crippen LogP contribution in [0.1, 0.15) is 33.0 Å². The first-order chi connectivity index (χ1) is 6.24. The van der Waals surface area contributed by atoms with Gasteiger partial charge in [-0.25, -0.2) is 4.98 Å². The molecule has 0 aliphatic carbocycles. The molecule has 0 radical (unpaired) electrons. The van der Waals surface area contributed by atoms with E-state index >= 15 is 0 Å². The number of aromatic nitrogens is 2. The highest BCUT2D eigenvalue weighted by Crippen LogP contribution is 2.05. The lowest BCUT2D eigenvalue weighted by molar-refractivity contribution is 0.384. The van der Waals surface area contributed by atoms with Crippen molar-refractivity contribution in [2.75, 3.05) is 0 Å². The van der Waals surface area contributed by atoms with E-state index < -0.39 is 0 Å². The van der Waals surface area contributed by atoms with Crippen molar-refractivity contribution in [3.63, 3.8) is 0 Å². The lowest BCUT2D eigenvalue weighted by Crippen LogP contribution is -2.32. The van der Waals surface area contributed by atoms with Crippen molar-refractivity contribution in [3.05, 3.63) is 18.2 Å². The predicted octanol–water partition coefficient (Wildman–Crippen LogP) is 1.93. The van der Waals surface area contributed by atoms with E-state index in [1.807, 2.05) is 6.20 Å². The lowest BCUT2D eigenvalue weighted by atomic mass is 10.0. The van der Waals surface area contributed by atoms with Crippen molar-refractivity contribution < 1.29 is 0 Å². The van der Waals surface area contributed by atoms with Crippen LogP contribution in [0.4, 0.5) is 0 Å². The van der Waals surface area contributed by atoms with Gasteiger partial charge in [-0.2, -0.15) is 0 Å². The second-order valence-electron chi connectivity index (χ2n) is 3.68. The predicted molar refractivity (Wildman–Crippen MR) is 54.3 cm³/mol. The molecule has 0 saturated heterocycles. The summed E-state index contributed by atoms with van der Waals surface area (Å²) in [6.07, 6.45) is 4.80. The van der Waals surface area contributed by atoms with Crippen molar-refractivity contribution in [3.8, 4) is 0 Å². The number of nitrogens with zero attached hydrogens (tertiary/aromatic N) is 1. The molecule has 0 fully saturated rings. The number of H-pyrrole nitrogens is 1. The van der Waals surface area contributed by atoms with Crippen LogP contribution in [-0.2, 0) is 6.54 Å². The van der Waals surface area contributed by atoms with E-state index in [0.29, 0.717) is 12.0 Å². The third-order valence-corrected chi connectivity index (χ3v) is 2.33. The van der Waals surface area contributed by atoms with Gasteiger partial charge < -0.3 is 10.3 Å². The minimum Gasteiger partial charge on any atom is -0.348 e. The van der Waals surface area contributed by atoms with Crippen molar-refractivity contribution in [1.29, 1.82) is 0 Å². The maximum atomic E-state index is 4.16. The first-order valence-electron chi connectivity index (χ1n) is 4.95. The van der Waals surface area contributed by atoms with E-state index in [1.54, 1.807) is 6.20 Å². The van der Waals surface area contributed by atoms with Crippen LogP contribution in [0, 0.1) is 5.92 Å². The zero-order valence-electron chi connectivity index (χ0n) is 8.67. The van der Waals surface area contributed by atoms with Gasteiger partial charge in [0.2, 0.25) is 0 Å². The Hall–Kier alpha value is -0.830. The second-order valence-corrected chi connectivity index (χ2v) is 3.68. The summed E-state index contributed by atoms with van der Waals surface area (Å²) in [5.41, 5.74) is 0. The molecule has 1 heterocycles. The van der Waals surface area contributed by atoms with Gasteiger partial charge in [0.05, 0.1) is 6.54 Å². The largest absolute Gasteiger partial charge is 0.348 e. The standard InChI is InChI=1S/C10H19N3/c1-4-9(8(2)3)13-7-10-11-5-6-12-10/h5-6,8-9,13H,4,7H2,1-3H3,(H,11,12). The Morgan fingerprint density at radius 2 is 2.31 bits per heavy atom. The number of rotatable bonds is 5. The zero-order valence-corrected chi connectivity index (χ0v) is 8.67. The van der Waals surface area contributed by atoms with Gasteiger partial charge in [0.25, 0.3) is 0 Å². The number of imidazole rings is 1. The van der Waals surface area contributed by atoms with Gasteiger partial charge in [-0.05, 0) is 12.3 Å². The Kier molecular flexibility index (Phi) is 3.96. The highest BCUT2D eigenvalue weighted by atomic mass is 15.0. The van der Waals surface area contributed by atoms with Crippen molar-refractivity contribution in [1.82, 2.24) is 15.3 Å². The second kappa shape index (κ2) is 5.02. The average molecular weight is 181 g/mol. The molecule has 0 spiro atoms. The molecule has 2 N–H and O–H groups in total. The Balaban J connectivity index is 2.32. The SMILES string of the molecule is CCC(NCc1ncc[nH]1)C(C)C. The number of aromatic amines is 1. The maximum absolute atomic E-state index is 4.16. The van der Waals surface area contributed by atoms with Crippen LogP contribution in [-0.4, -0.2) is 16.0 Å². The Morgan fingerprint density at radius 3 is 2.77 bits per heavy atom. The summed E-state index contributed by atoms with van der Waals surface area (Å²) >= 11 is 0. The van der Waals surface area contributed by atoms with Crippen LogP contribution in [0.2, 0.25) is 0 Å². The van der Waals surface area contributed by atoms with Crippen LogP contribution < -0.4 is 5.32 Å². The molecular weight excluding hydrogens is 162 g/mol. The smallest absolute Gasteiger partial charge is 0.120 e. The fourth-order valence-corrected chi connectivity index (χ4v) is 1.47. The van der Waals surface area contributed by atoms with Crippen LogP contribution in [0.25, 0.3) is 0 Å². The van der Waals surface area contributed by atoms with Crippen LogP contribution in [0.3, 0.4) is 0 Å². The van der Waals surface area contributed by atoms with Crippen LogP contribution in [0.5, 0.6) is 0 Å². The summed E-state index contributed by atoms with van der Waals surface area (Å²) in [5.74, 6) is 1.69. The number of hydrogen-bond donors (Lipinski definition) is 2. The fraction of sp³-hybridized carbons (Fsp3) is 0.700. The molecule has 0 aliphatic heterocycles. The van der Waals surface area contributed by atoms with Crippen molar-refractivity contribution >= 4 is 0 Å². The third kappa shape index (κ3) is 3.19. The molecule has 1 aromatic rings. The molecule has 13 heavy (non-hydrogen) atoms. The normalized spacial score (nSPS) is 13.5. The molecule has 74 valence electrons. The Morgan fingerprint density at radius 1 is 1.54 bits per heavy atom. The minimum atomic E-state index is 0.588. The lowest BCUT2D eigenvalue weighted by Gasteiger charge is -2.19. The molecule has 0 bridgehead atoms. The van der Waals surface area contributed by atoms with Gasteiger partial charge in [-0.15, -0.1) is 0 Å². The summed E-state index contributed by atoms with van der Waals surface area (Å²) in [5, 5.41) is 3.48. The molecule has 1 rings (SSSR count). The Bertz CT molecular complexity index is 216. The van der Waals surface area contributed by atoms with E-state index in [9.17, 15) is 0 Å². The number of nitrogens with one attached hydrogen (secondary N) is 2. The molecule has 1 atom stereocenters. The van der Waals surface area contributed by atoms with Gasteiger partial charge in [0, 0.05) is 18.4 Å². The van der Waals surface area contributed by atoms with Crippen molar-refractivity contribution in [2.24, 2.45) is 5.92 Å². The molecule has 1 aromatic heterocycles. The van der Waals surface area contributed by atoms with Crippen LogP contribution >= 0.6 is 0 Å². The summed E-state index contributed by atoms with van der Waals surface area (Å²) < 4.78 is 0. The third-order valence-electron chi connectivity index (χ3n) is 2.33. The molecule has 0 amide bonds. The average Bonchev–Trinajstić information content (AvgIpc) is 2.57. The van der Waals surface area contributed by atoms with E-state index in [1.165, 1.54) is 6.42 Å². The monoisotopic (exact) mass is 181 g/mol. The molecule has 0 saturated carbocycles. The van der Waals surface area contributed by atoms with E-state index in [-0.39, 0.29) is 0 Å². The molecular formula is C10H19N3. The van der Waals surface area contributed by atoms with E-state index in [2.05, 4.69) is 36.1 Å². The molecule has 1 unspecified atom stereocenters. The topological polar surface area (TPSA) is 40.7 Å². The minimum absolute atomic E-state index is 0.588. The van der Waals surface area contributed by atoms with Gasteiger partial charge in [-0.3, -0.25) is 0 Å². The van der Waals surface area contributed by atoms with Crippen molar-refractivity contribution in [2.45, 2.75) is 39.8 Å². The summed E-state index contributed by atoms with van der Waals surface area (Å²) in [7, 11) is 0. The van der Waals surface area contributed by atoms with Gasteiger partial charge in [0.15, 0.2) is 0 Å². The summed E-state index contributed by atoms with van der Waals surface area (Å²) in [6.45, 7) is 7.52. The molecule has 0 aromatic carbocycles. The maximum Gasteiger partial charge on any atom is 0.120 e. The van der Waals surface area contributed by atoms with E-state index in [0.717, 1.165) is 12.4 Å². The molecule has 0 aliphatic rings.